The molecule has 0 spiro atoms. The quantitative estimate of drug-likeness (QED) is 0.672. The van der Waals surface area contributed by atoms with Gasteiger partial charge in [0.1, 0.15) is 5.82 Å². The van der Waals surface area contributed by atoms with Gasteiger partial charge in [-0.25, -0.2) is 4.39 Å². The Balaban J connectivity index is 2.75. The summed E-state index contributed by atoms with van der Waals surface area (Å²) in [7, 11) is 0. The van der Waals surface area contributed by atoms with E-state index in [-0.39, 0.29) is 5.82 Å². The number of halogens is 3. The number of alkyl halides is 1. The summed E-state index contributed by atoms with van der Waals surface area (Å²) in [5, 5.41) is 1.03. The SMILES string of the molecule is Fc1cc(Br)c2cc(CCl)sc2c1. The molecule has 0 amide bonds. The summed E-state index contributed by atoms with van der Waals surface area (Å²) in [6.45, 7) is 0. The van der Waals surface area contributed by atoms with Crippen molar-refractivity contribution in [3.8, 4) is 0 Å². The van der Waals surface area contributed by atoms with Crippen LogP contribution in [-0.2, 0) is 5.88 Å². The van der Waals surface area contributed by atoms with Crippen LogP contribution in [0.15, 0.2) is 22.7 Å². The number of fused-ring (bicyclic) bond motifs is 1. The molecule has 0 N–H and O–H groups in total. The highest BCUT2D eigenvalue weighted by molar-refractivity contribution is 9.10. The Bertz CT molecular complexity index is 452. The number of hydrogen-bond donors (Lipinski definition) is 0. The summed E-state index contributed by atoms with van der Waals surface area (Å²) >= 11 is 10.5. The van der Waals surface area contributed by atoms with E-state index >= 15 is 0 Å². The van der Waals surface area contributed by atoms with Crippen molar-refractivity contribution < 1.29 is 4.39 Å². The Kier molecular flexibility index (Phi) is 2.58. The van der Waals surface area contributed by atoms with Gasteiger partial charge >= 0.3 is 0 Å². The third-order valence-electron chi connectivity index (χ3n) is 1.73. The van der Waals surface area contributed by atoms with Crippen molar-refractivity contribution in [2.24, 2.45) is 0 Å². The van der Waals surface area contributed by atoms with Gasteiger partial charge in [-0.2, -0.15) is 0 Å². The minimum Gasteiger partial charge on any atom is -0.207 e. The van der Waals surface area contributed by atoms with Gasteiger partial charge in [-0.05, 0) is 18.2 Å². The van der Waals surface area contributed by atoms with Gasteiger partial charge in [-0.3, -0.25) is 0 Å². The van der Waals surface area contributed by atoms with Gasteiger partial charge in [0, 0.05) is 19.4 Å². The van der Waals surface area contributed by atoms with E-state index in [1.165, 1.54) is 23.5 Å². The zero-order chi connectivity index (χ0) is 9.42. The van der Waals surface area contributed by atoms with Crippen LogP contribution in [0.1, 0.15) is 4.88 Å². The summed E-state index contributed by atoms with van der Waals surface area (Å²) in [6.07, 6.45) is 0. The second-order valence-corrected chi connectivity index (χ2v) is 4.94. The average Bonchev–Trinajstić information content (AvgIpc) is 2.47. The van der Waals surface area contributed by atoms with E-state index < -0.39 is 0 Å². The minimum absolute atomic E-state index is 0.220. The molecule has 0 radical (unpaired) electrons. The molecule has 1 heterocycles. The average molecular weight is 280 g/mol. The molecule has 1 aromatic heterocycles. The second kappa shape index (κ2) is 3.56. The van der Waals surface area contributed by atoms with Gasteiger partial charge < -0.3 is 0 Å². The molecule has 0 saturated carbocycles. The molecule has 0 saturated heterocycles. The molecule has 0 aliphatic heterocycles. The van der Waals surface area contributed by atoms with Crippen LogP contribution in [0.4, 0.5) is 4.39 Å². The Labute approximate surface area is 92.5 Å². The maximum Gasteiger partial charge on any atom is 0.125 e. The van der Waals surface area contributed by atoms with Crippen LogP contribution in [0.2, 0.25) is 0 Å². The first-order chi connectivity index (χ1) is 6.20. The highest BCUT2D eigenvalue weighted by Crippen LogP contribution is 2.32. The monoisotopic (exact) mass is 278 g/mol. The van der Waals surface area contributed by atoms with Crippen LogP contribution in [0.25, 0.3) is 10.1 Å². The fraction of sp³-hybridized carbons (Fsp3) is 0.111. The van der Waals surface area contributed by atoms with Gasteiger partial charge in [0.2, 0.25) is 0 Å². The molecule has 13 heavy (non-hydrogen) atoms. The predicted molar refractivity (Wildman–Crippen MR) is 59.0 cm³/mol. The lowest BCUT2D eigenvalue weighted by atomic mass is 10.2. The fourth-order valence-electron chi connectivity index (χ4n) is 1.18. The van der Waals surface area contributed by atoms with E-state index in [2.05, 4.69) is 15.9 Å². The molecule has 68 valence electrons. The summed E-state index contributed by atoms with van der Waals surface area (Å²) in [4.78, 5) is 1.06. The van der Waals surface area contributed by atoms with Crippen LogP contribution in [0.5, 0.6) is 0 Å². The standard InChI is InChI=1S/C9H5BrClFS/c10-8-1-5(12)2-9-7(8)3-6(4-11)13-9/h1-3H,4H2. The van der Waals surface area contributed by atoms with Crippen molar-refractivity contribution in [3.05, 3.63) is 33.4 Å². The lowest BCUT2D eigenvalue weighted by Crippen LogP contribution is -1.72. The van der Waals surface area contributed by atoms with Crippen LogP contribution >= 0.6 is 38.9 Å². The van der Waals surface area contributed by atoms with E-state index in [1.807, 2.05) is 6.07 Å². The van der Waals surface area contributed by atoms with E-state index in [0.29, 0.717) is 5.88 Å². The fourth-order valence-corrected chi connectivity index (χ4v) is 3.07. The molecule has 4 heteroatoms. The van der Waals surface area contributed by atoms with Gasteiger partial charge in [-0.15, -0.1) is 22.9 Å². The molecule has 0 nitrogen and oxygen atoms in total. The molecule has 0 atom stereocenters. The molecule has 0 unspecified atom stereocenters. The first kappa shape index (κ1) is 9.44. The van der Waals surface area contributed by atoms with Gasteiger partial charge in [0.05, 0.1) is 5.88 Å². The first-order valence-electron chi connectivity index (χ1n) is 3.64. The van der Waals surface area contributed by atoms with Crippen molar-refractivity contribution in [1.29, 1.82) is 0 Å². The number of rotatable bonds is 1. The maximum atomic E-state index is 13.0. The van der Waals surface area contributed by atoms with E-state index in [4.69, 9.17) is 11.6 Å². The molecule has 0 aliphatic rings. The van der Waals surface area contributed by atoms with Crippen LogP contribution < -0.4 is 0 Å². The molecule has 2 rings (SSSR count). The Morgan fingerprint density at radius 2 is 2.15 bits per heavy atom. The van der Waals surface area contributed by atoms with Gasteiger partial charge in [-0.1, -0.05) is 15.9 Å². The highest BCUT2D eigenvalue weighted by atomic mass is 79.9. The zero-order valence-electron chi connectivity index (χ0n) is 6.48. The molecular formula is C9H5BrClFS. The highest BCUT2D eigenvalue weighted by Gasteiger charge is 2.06. The van der Waals surface area contributed by atoms with Gasteiger partial charge in [0.15, 0.2) is 0 Å². The first-order valence-corrected chi connectivity index (χ1v) is 5.78. The number of thiophene rings is 1. The van der Waals surface area contributed by atoms with Crippen LogP contribution in [-0.4, -0.2) is 0 Å². The van der Waals surface area contributed by atoms with Crippen LogP contribution in [0, 0.1) is 5.82 Å². The second-order valence-electron chi connectivity index (χ2n) is 2.65. The molecule has 0 aliphatic carbocycles. The Morgan fingerprint density at radius 1 is 1.38 bits per heavy atom. The molecule has 0 fully saturated rings. The van der Waals surface area contributed by atoms with E-state index in [9.17, 15) is 4.39 Å². The van der Waals surface area contributed by atoms with Crippen molar-refractivity contribution in [1.82, 2.24) is 0 Å². The van der Waals surface area contributed by atoms with Gasteiger partial charge in [0.25, 0.3) is 0 Å². The predicted octanol–water partition coefficient (Wildman–Crippen LogP) is 4.54. The third-order valence-corrected chi connectivity index (χ3v) is 3.92. The summed E-state index contributed by atoms with van der Waals surface area (Å²) in [5.74, 6) is 0.260. The minimum atomic E-state index is -0.220. The third kappa shape index (κ3) is 1.73. The van der Waals surface area contributed by atoms with E-state index in [0.717, 1.165) is 19.4 Å². The number of benzene rings is 1. The number of hydrogen-bond acceptors (Lipinski definition) is 1. The van der Waals surface area contributed by atoms with Crippen molar-refractivity contribution >= 4 is 49.0 Å². The smallest absolute Gasteiger partial charge is 0.125 e. The summed E-state index contributed by atoms with van der Waals surface area (Å²) < 4.78 is 14.7. The topological polar surface area (TPSA) is 0 Å². The molecule has 0 bridgehead atoms. The molecule has 1 aromatic carbocycles. The zero-order valence-corrected chi connectivity index (χ0v) is 9.64. The van der Waals surface area contributed by atoms with Crippen LogP contribution in [0.3, 0.4) is 0 Å². The van der Waals surface area contributed by atoms with Crippen molar-refractivity contribution in [2.75, 3.05) is 0 Å². The normalized spacial score (nSPS) is 11.0. The Morgan fingerprint density at radius 3 is 2.85 bits per heavy atom. The summed E-state index contributed by atoms with van der Waals surface area (Å²) in [6, 6.07) is 4.98. The molecule has 2 aromatic rings. The van der Waals surface area contributed by atoms with Crippen molar-refractivity contribution in [3.63, 3.8) is 0 Å². The Hall–Kier alpha value is -0.120. The molecular weight excluding hydrogens is 275 g/mol. The maximum absolute atomic E-state index is 13.0. The largest absolute Gasteiger partial charge is 0.207 e. The summed E-state index contributed by atoms with van der Waals surface area (Å²) in [5.41, 5.74) is 0. The lowest BCUT2D eigenvalue weighted by Gasteiger charge is -1.93. The van der Waals surface area contributed by atoms with Crippen molar-refractivity contribution in [2.45, 2.75) is 5.88 Å². The van der Waals surface area contributed by atoms with E-state index in [1.54, 1.807) is 0 Å². The lowest BCUT2D eigenvalue weighted by molar-refractivity contribution is 0.629.